The number of ether oxygens (including phenoxy) is 1. The molecular weight excluding hydrogens is 157 g/mol. The zero-order valence-corrected chi connectivity index (χ0v) is 6.66. The molecule has 0 amide bonds. The Morgan fingerprint density at radius 2 is 2.33 bits per heavy atom. The summed E-state index contributed by atoms with van der Waals surface area (Å²) < 4.78 is 18.2. The van der Waals surface area contributed by atoms with Gasteiger partial charge in [-0.3, -0.25) is 0 Å². The van der Waals surface area contributed by atoms with E-state index in [2.05, 4.69) is 4.98 Å². The van der Waals surface area contributed by atoms with Gasteiger partial charge in [0.25, 0.3) is 5.95 Å². The lowest BCUT2D eigenvalue weighted by Crippen LogP contribution is -2.25. The van der Waals surface area contributed by atoms with Crippen LogP contribution in [-0.2, 0) is 0 Å². The maximum absolute atomic E-state index is 12.9. The Balaban J connectivity index is 2.06. The van der Waals surface area contributed by atoms with E-state index in [1.54, 1.807) is 12.1 Å². The third kappa shape index (κ3) is 1.40. The minimum atomic E-state index is -0.510. The molecule has 12 heavy (non-hydrogen) atoms. The Morgan fingerprint density at radius 1 is 1.50 bits per heavy atom. The van der Waals surface area contributed by atoms with E-state index in [-0.39, 0.29) is 11.9 Å². The molecule has 2 rings (SSSR count). The molecule has 0 aromatic carbocycles. The molecule has 64 valence electrons. The summed E-state index contributed by atoms with van der Waals surface area (Å²) in [4.78, 5) is 3.50. The van der Waals surface area contributed by atoms with Crippen molar-refractivity contribution in [1.82, 2.24) is 4.98 Å². The van der Waals surface area contributed by atoms with Crippen molar-refractivity contribution in [2.75, 3.05) is 0 Å². The molecule has 0 unspecified atom stereocenters. The van der Waals surface area contributed by atoms with Crippen LogP contribution in [0.15, 0.2) is 18.3 Å². The largest absolute Gasteiger partial charge is 0.486 e. The van der Waals surface area contributed by atoms with Crippen molar-refractivity contribution in [1.29, 1.82) is 0 Å². The lowest BCUT2D eigenvalue weighted by Gasteiger charge is -2.26. The molecule has 0 atom stereocenters. The minimum Gasteiger partial charge on any atom is -0.486 e. The molecule has 0 spiro atoms. The predicted octanol–water partition coefficient (Wildman–Crippen LogP) is 2.15. The average Bonchev–Trinajstić information content (AvgIpc) is 2.00. The van der Waals surface area contributed by atoms with Crippen LogP contribution < -0.4 is 4.74 Å². The quantitative estimate of drug-likeness (QED) is 0.629. The second-order valence-corrected chi connectivity index (χ2v) is 2.96. The first kappa shape index (κ1) is 7.53. The molecule has 1 aliphatic carbocycles. The Morgan fingerprint density at radius 3 is 2.92 bits per heavy atom. The zero-order valence-electron chi connectivity index (χ0n) is 6.66. The number of halogens is 1. The molecule has 1 saturated carbocycles. The van der Waals surface area contributed by atoms with Gasteiger partial charge in [-0.05, 0) is 31.4 Å². The second kappa shape index (κ2) is 3.09. The second-order valence-electron chi connectivity index (χ2n) is 2.96. The fourth-order valence-electron chi connectivity index (χ4n) is 1.13. The van der Waals surface area contributed by atoms with Crippen LogP contribution in [-0.4, -0.2) is 11.1 Å². The number of hydrogen-bond acceptors (Lipinski definition) is 2. The van der Waals surface area contributed by atoms with Gasteiger partial charge in [-0.1, -0.05) is 0 Å². The van der Waals surface area contributed by atoms with E-state index < -0.39 is 5.95 Å². The van der Waals surface area contributed by atoms with Gasteiger partial charge < -0.3 is 4.74 Å². The van der Waals surface area contributed by atoms with Gasteiger partial charge in [0, 0.05) is 6.20 Å². The predicted molar refractivity (Wildman–Crippen MR) is 42.5 cm³/mol. The van der Waals surface area contributed by atoms with Crippen molar-refractivity contribution in [3.63, 3.8) is 0 Å². The monoisotopic (exact) mass is 167 g/mol. The van der Waals surface area contributed by atoms with Crippen LogP contribution in [0.1, 0.15) is 19.3 Å². The number of rotatable bonds is 2. The summed E-state index contributed by atoms with van der Waals surface area (Å²) in [6, 6.07) is 3.29. The number of aromatic nitrogens is 1. The van der Waals surface area contributed by atoms with E-state index >= 15 is 0 Å². The molecule has 0 aliphatic heterocycles. The Hall–Kier alpha value is -1.12. The summed E-state index contributed by atoms with van der Waals surface area (Å²) >= 11 is 0. The van der Waals surface area contributed by atoms with Crippen molar-refractivity contribution in [3.8, 4) is 5.75 Å². The van der Waals surface area contributed by atoms with Gasteiger partial charge in [0.1, 0.15) is 0 Å². The van der Waals surface area contributed by atoms with Gasteiger partial charge in [-0.2, -0.15) is 4.39 Å². The van der Waals surface area contributed by atoms with Gasteiger partial charge in [-0.15, -0.1) is 0 Å². The van der Waals surface area contributed by atoms with Crippen LogP contribution in [0.25, 0.3) is 0 Å². The molecule has 3 heteroatoms. The summed E-state index contributed by atoms with van der Waals surface area (Å²) in [6.07, 6.45) is 4.89. The Bertz CT molecular complexity index is 273. The maximum atomic E-state index is 12.9. The molecule has 1 aliphatic rings. The molecule has 1 aromatic rings. The van der Waals surface area contributed by atoms with Crippen LogP contribution in [0, 0.1) is 5.95 Å². The van der Waals surface area contributed by atoms with Gasteiger partial charge in [-0.25, -0.2) is 4.98 Å². The summed E-state index contributed by atoms with van der Waals surface area (Å²) in [5.41, 5.74) is 0. The molecule has 0 radical (unpaired) electrons. The van der Waals surface area contributed by atoms with Crippen molar-refractivity contribution in [2.45, 2.75) is 25.4 Å². The van der Waals surface area contributed by atoms with Gasteiger partial charge in [0.2, 0.25) is 0 Å². The number of pyridine rings is 1. The van der Waals surface area contributed by atoms with E-state index in [1.165, 1.54) is 12.6 Å². The van der Waals surface area contributed by atoms with E-state index in [4.69, 9.17) is 4.74 Å². The molecule has 0 saturated heterocycles. The zero-order chi connectivity index (χ0) is 8.39. The highest BCUT2D eigenvalue weighted by atomic mass is 19.1. The molecule has 1 heterocycles. The van der Waals surface area contributed by atoms with E-state index in [1.807, 2.05) is 0 Å². The summed E-state index contributed by atoms with van der Waals surface area (Å²) in [5.74, 6) is -0.230. The molecule has 1 fully saturated rings. The first-order valence-electron chi connectivity index (χ1n) is 4.13. The third-order valence-electron chi connectivity index (χ3n) is 2.07. The fraction of sp³-hybridized carbons (Fsp3) is 0.444. The number of hydrogen-bond donors (Lipinski definition) is 0. The summed E-state index contributed by atoms with van der Waals surface area (Å²) in [6.45, 7) is 0. The molecule has 1 aromatic heterocycles. The van der Waals surface area contributed by atoms with Gasteiger partial charge >= 0.3 is 0 Å². The smallest absolute Gasteiger partial charge is 0.255 e. The molecule has 0 N–H and O–H groups in total. The van der Waals surface area contributed by atoms with Crippen LogP contribution >= 0.6 is 0 Å². The highest BCUT2D eigenvalue weighted by Crippen LogP contribution is 2.25. The van der Waals surface area contributed by atoms with Gasteiger partial charge in [0.15, 0.2) is 5.75 Å². The molecular formula is C9H10FNO. The minimum absolute atomic E-state index is 0.212. The standard InChI is InChI=1S/C9H10FNO/c10-9-8(5-2-6-11-9)12-7-3-1-4-7/h2,5-7H,1,3-4H2. The normalized spacial score (nSPS) is 17.1. The highest BCUT2D eigenvalue weighted by Gasteiger charge is 2.20. The highest BCUT2D eigenvalue weighted by molar-refractivity contribution is 5.18. The molecule has 0 bridgehead atoms. The summed E-state index contributed by atoms with van der Waals surface area (Å²) in [5, 5.41) is 0. The van der Waals surface area contributed by atoms with Gasteiger partial charge in [0.05, 0.1) is 6.10 Å². The van der Waals surface area contributed by atoms with Crippen molar-refractivity contribution in [3.05, 3.63) is 24.3 Å². The average molecular weight is 167 g/mol. The lowest BCUT2D eigenvalue weighted by molar-refractivity contribution is 0.114. The van der Waals surface area contributed by atoms with Crippen molar-refractivity contribution >= 4 is 0 Å². The van der Waals surface area contributed by atoms with E-state index in [0.717, 1.165) is 12.8 Å². The Labute approximate surface area is 70.4 Å². The van der Waals surface area contributed by atoms with Crippen molar-refractivity contribution < 1.29 is 9.13 Å². The first-order valence-corrected chi connectivity index (χ1v) is 4.13. The van der Waals surface area contributed by atoms with Crippen LogP contribution in [0.4, 0.5) is 4.39 Å². The maximum Gasteiger partial charge on any atom is 0.255 e. The summed E-state index contributed by atoms with van der Waals surface area (Å²) in [7, 11) is 0. The van der Waals surface area contributed by atoms with E-state index in [0.29, 0.717) is 0 Å². The SMILES string of the molecule is Fc1ncccc1OC1CCC1. The van der Waals surface area contributed by atoms with E-state index in [9.17, 15) is 4.39 Å². The van der Waals surface area contributed by atoms with Crippen molar-refractivity contribution in [2.24, 2.45) is 0 Å². The Kier molecular flexibility index (Phi) is 1.94. The number of nitrogens with zero attached hydrogens (tertiary/aromatic N) is 1. The van der Waals surface area contributed by atoms with Crippen LogP contribution in [0.2, 0.25) is 0 Å². The first-order chi connectivity index (χ1) is 5.86. The molecule has 2 nitrogen and oxygen atoms in total. The third-order valence-corrected chi connectivity index (χ3v) is 2.07. The van der Waals surface area contributed by atoms with Crippen LogP contribution in [0.5, 0.6) is 5.75 Å². The lowest BCUT2D eigenvalue weighted by atomic mass is 9.96. The fourth-order valence-corrected chi connectivity index (χ4v) is 1.13. The topological polar surface area (TPSA) is 22.1 Å². The van der Waals surface area contributed by atoms with Crippen LogP contribution in [0.3, 0.4) is 0 Å².